The fourth-order valence-corrected chi connectivity index (χ4v) is 7.58. The van der Waals surface area contributed by atoms with Crippen LogP contribution in [0.5, 0.6) is 0 Å². The molecule has 1 heterocycles. The maximum absolute atomic E-state index is 13.3. The number of primary amides is 1. The van der Waals surface area contributed by atoms with Crippen LogP contribution in [0.3, 0.4) is 0 Å². The molecule has 2 amide bonds. The Morgan fingerprint density at radius 1 is 1.14 bits per heavy atom. The zero-order valence-electron chi connectivity index (χ0n) is 13.0. The van der Waals surface area contributed by atoms with Gasteiger partial charge in [-0.2, -0.15) is 0 Å². The Balaban J connectivity index is 1.56. The lowest BCUT2D eigenvalue weighted by Gasteiger charge is -2.60. The molecular weight excluding hydrogens is 344 g/mol. The van der Waals surface area contributed by atoms with E-state index < -0.39 is 0 Å². The van der Waals surface area contributed by atoms with Crippen molar-refractivity contribution >= 4 is 27.7 Å². The third kappa shape index (κ3) is 2.31. The van der Waals surface area contributed by atoms with E-state index >= 15 is 0 Å². The molecule has 4 aliphatic carbocycles. The van der Waals surface area contributed by atoms with Gasteiger partial charge in [-0.15, -0.1) is 0 Å². The standard InChI is InChI=1S/C17H25BrN2O2/c18-17-7-11-4-12(8-17)6-16(5-11,10-17)15(22)20-3-1-2-13(9-20)14(19)21/h11-13H,1-10H2,(H2,19,21). The Hall–Kier alpha value is -0.580. The predicted octanol–water partition coefficient (Wildman–Crippen LogP) is 2.44. The van der Waals surface area contributed by atoms with Gasteiger partial charge in [0, 0.05) is 17.4 Å². The Bertz CT molecular complexity index is 507. The number of halogens is 1. The minimum Gasteiger partial charge on any atom is -0.369 e. The van der Waals surface area contributed by atoms with E-state index in [0.717, 1.165) is 38.6 Å². The van der Waals surface area contributed by atoms with Crippen molar-refractivity contribution in [2.24, 2.45) is 28.9 Å². The lowest BCUT2D eigenvalue weighted by molar-refractivity contribution is -0.157. The van der Waals surface area contributed by atoms with Gasteiger partial charge >= 0.3 is 0 Å². The van der Waals surface area contributed by atoms with Gasteiger partial charge in [0.2, 0.25) is 11.8 Å². The Labute approximate surface area is 140 Å². The van der Waals surface area contributed by atoms with E-state index in [0.29, 0.717) is 24.3 Å². The Morgan fingerprint density at radius 2 is 1.82 bits per heavy atom. The average Bonchev–Trinajstić information content (AvgIpc) is 2.44. The van der Waals surface area contributed by atoms with Gasteiger partial charge in [0.1, 0.15) is 0 Å². The van der Waals surface area contributed by atoms with Gasteiger partial charge in [-0.3, -0.25) is 9.59 Å². The lowest BCUT2D eigenvalue weighted by atomic mass is 9.49. The summed E-state index contributed by atoms with van der Waals surface area (Å²) in [5, 5.41) is 0. The molecule has 0 radical (unpaired) electrons. The van der Waals surface area contributed by atoms with Crippen LogP contribution in [0.25, 0.3) is 0 Å². The minimum absolute atomic E-state index is 0.149. The van der Waals surface area contributed by atoms with Gasteiger partial charge in [-0.1, -0.05) is 15.9 Å². The summed E-state index contributed by atoms with van der Waals surface area (Å²) in [6, 6.07) is 0. The third-order valence-corrected chi connectivity index (χ3v) is 7.48. The van der Waals surface area contributed by atoms with E-state index in [1.165, 1.54) is 19.3 Å². The second-order valence-corrected chi connectivity index (χ2v) is 10.1. The summed E-state index contributed by atoms with van der Waals surface area (Å²) in [7, 11) is 0. The van der Waals surface area contributed by atoms with Crippen LogP contribution in [0.2, 0.25) is 0 Å². The first kappa shape index (κ1) is 15.0. The highest BCUT2D eigenvalue weighted by molar-refractivity contribution is 9.10. The number of hydrogen-bond acceptors (Lipinski definition) is 2. The van der Waals surface area contributed by atoms with Crippen LogP contribution in [0, 0.1) is 23.2 Å². The molecular formula is C17H25BrN2O2. The molecule has 5 rings (SSSR count). The topological polar surface area (TPSA) is 63.4 Å². The van der Waals surface area contributed by atoms with Gasteiger partial charge in [0.05, 0.1) is 11.3 Å². The van der Waals surface area contributed by atoms with Gasteiger partial charge < -0.3 is 10.6 Å². The molecule has 2 N–H and O–H groups in total. The molecule has 5 aliphatic rings. The number of carbonyl (C=O) groups excluding carboxylic acids is 2. The SMILES string of the molecule is NC(=O)C1CCCN(C(=O)C23CC4CC(CC(Br)(C4)C2)C3)C1. The minimum atomic E-state index is -0.250. The maximum atomic E-state index is 13.3. The fourth-order valence-electron chi connectivity index (χ4n) is 6.13. The molecule has 4 nitrogen and oxygen atoms in total. The molecule has 4 saturated carbocycles. The van der Waals surface area contributed by atoms with Crippen LogP contribution in [-0.2, 0) is 9.59 Å². The molecule has 1 saturated heterocycles. The van der Waals surface area contributed by atoms with Crippen LogP contribution in [0.1, 0.15) is 51.4 Å². The van der Waals surface area contributed by atoms with E-state index in [1.54, 1.807) is 0 Å². The number of piperidine rings is 1. The van der Waals surface area contributed by atoms with Crippen LogP contribution in [0.15, 0.2) is 0 Å². The van der Waals surface area contributed by atoms with Gasteiger partial charge in [-0.25, -0.2) is 0 Å². The second kappa shape index (κ2) is 4.96. The van der Waals surface area contributed by atoms with E-state index in [-0.39, 0.29) is 21.6 Å². The molecule has 0 spiro atoms. The monoisotopic (exact) mass is 368 g/mol. The van der Waals surface area contributed by atoms with Crippen molar-refractivity contribution in [1.82, 2.24) is 4.90 Å². The zero-order valence-corrected chi connectivity index (χ0v) is 14.6. The van der Waals surface area contributed by atoms with Crippen molar-refractivity contribution in [1.29, 1.82) is 0 Å². The highest BCUT2D eigenvalue weighted by Crippen LogP contribution is 2.64. The number of alkyl halides is 1. The van der Waals surface area contributed by atoms with E-state index in [2.05, 4.69) is 15.9 Å². The summed E-state index contributed by atoms with van der Waals surface area (Å²) in [4.78, 5) is 26.8. The summed E-state index contributed by atoms with van der Waals surface area (Å²) in [6.45, 7) is 1.34. The highest BCUT2D eigenvalue weighted by atomic mass is 79.9. The average molecular weight is 369 g/mol. The Kier molecular flexibility index (Phi) is 3.37. The number of rotatable bonds is 2. The number of likely N-dealkylation sites (tertiary alicyclic amines) is 1. The number of hydrogen-bond donors (Lipinski definition) is 1. The van der Waals surface area contributed by atoms with Gasteiger partial charge in [0.15, 0.2) is 0 Å². The molecule has 122 valence electrons. The number of nitrogens with zero attached hydrogens (tertiary/aromatic N) is 1. The molecule has 0 aromatic carbocycles. The van der Waals surface area contributed by atoms with Gasteiger partial charge in [0.25, 0.3) is 0 Å². The zero-order chi connectivity index (χ0) is 15.5. The van der Waals surface area contributed by atoms with Crippen molar-refractivity contribution < 1.29 is 9.59 Å². The Morgan fingerprint density at radius 3 is 2.41 bits per heavy atom. The molecule has 3 atom stereocenters. The molecule has 22 heavy (non-hydrogen) atoms. The second-order valence-electron chi connectivity index (χ2n) is 8.38. The first-order valence-corrected chi connectivity index (χ1v) is 9.46. The van der Waals surface area contributed by atoms with E-state index in [4.69, 9.17) is 5.73 Å². The lowest BCUT2D eigenvalue weighted by Crippen LogP contribution is -2.60. The predicted molar refractivity (Wildman–Crippen MR) is 87.3 cm³/mol. The molecule has 1 aliphatic heterocycles. The summed E-state index contributed by atoms with van der Waals surface area (Å²) >= 11 is 3.98. The maximum Gasteiger partial charge on any atom is 0.228 e. The van der Waals surface area contributed by atoms with Crippen molar-refractivity contribution in [3.05, 3.63) is 0 Å². The molecule has 5 fully saturated rings. The molecule has 0 aromatic heterocycles. The van der Waals surface area contributed by atoms with Crippen molar-refractivity contribution in [3.8, 4) is 0 Å². The van der Waals surface area contributed by atoms with Crippen LogP contribution >= 0.6 is 15.9 Å². The smallest absolute Gasteiger partial charge is 0.228 e. The third-order valence-electron chi connectivity index (χ3n) is 6.55. The molecule has 5 heteroatoms. The summed E-state index contributed by atoms with van der Waals surface area (Å²) in [5.74, 6) is 1.34. The molecule has 4 bridgehead atoms. The highest BCUT2D eigenvalue weighted by Gasteiger charge is 2.60. The summed E-state index contributed by atoms with van der Waals surface area (Å²) < 4.78 is 0.200. The van der Waals surface area contributed by atoms with Crippen molar-refractivity contribution in [2.45, 2.75) is 55.7 Å². The first-order valence-electron chi connectivity index (χ1n) is 8.67. The van der Waals surface area contributed by atoms with E-state index in [1.807, 2.05) is 4.90 Å². The van der Waals surface area contributed by atoms with Gasteiger partial charge in [-0.05, 0) is 63.2 Å². The van der Waals surface area contributed by atoms with Crippen molar-refractivity contribution in [3.63, 3.8) is 0 Å². The summed E-state index contributed by atoms with van der Waals surface area (Å²) in [5.41, 5.74) is 5.31. The number of carbonyl (C=O) groups is 2. The van der Waals surface area contributed by atoms with Crippen LogP contribution in [-0.4, -0.2) is 34.1 Å². The van der Waals surface area contributed by atoms with Crippen molar-refractivity contribution in [2.75, 3.05) is 13.1 Å². The quantitative estimate of drug-likeness (QED) is 0.760. The number of amides is 2. The first-order chi connectivity index (χ1) is 10.4. The summed E-state index contributed by atoms with van der Waals surface area (Å²) in [6.07, 6.45) is 8.64. The van der Waals surface area contributed by atoms with E-state index in [9.17, 15) is 9.59 Å². The largest absolute Gasteiger partial charge is 0.369 e. The number of nitrogens with two attached hydrogens (primary N) is 1. The van der Waals surface area contributed by atoms with Crippen LogP contribution < -0.4 is 5.73 Å². The normalized spacial score (nSPS) is 46.8. The molecule has 0 aromatic rings. The van der Waals surface area contributed by atoms with Crippen LogP contribution in [0.4, 0.5) is 0 Å². The fraction of sp³-hybridized carbons (Fsp3) is 0.882. The molecule has 3 unspecified atom stereocenters.